The number of ether oxygens (including phenoxy) is 1. The van der Waals surface area contributed by atoms with Crippen molar-refractivity contribution < 1.29 is 9.13 Å². The Morgan fingerprint density at radius 3 is 2.81 bits per heavy atom. The summed E-state index contributed by atoms with van der Waals surface area (Å²) in [6.45, 7) is 4.41. The standard InChI is InChI=1S/C13H18FNO/c1-2-16-13-11(4-3-5-12(13)14)10-6-8-15-9-7-10/h3-5,10,15H,2,6-9H2,1H3. The number of rotatable bonds is 3. The van der Waals surface area contributed by atoms with Crippen molar-refractivity contribution in [1.82, 2.24) is 5.32 Å². The van der Waals surface area contributed by atoms with Gasteiger partial charge in [-0.15, -0.1) is 0 Å². The van der Waals surface area contributed by atoms with Crippen molar-refractivity contribution >= 4 is 0 Å². The lowest BCUT2D eigenvalue weighted by Crippen LogP contribution is -2.27. The minimum atomic E-state index is -0.238. The molecule has 0 saturated carbocycles. The number of para-hydroxylation sites is 1. The van der Waals surface area contributed by atoms with E-state index < -0.39 is 0 Å². The average Bonchev–Trinajstić information content (AvgIpc) is 2.33. The van der Waals surface area contributed by atoms with Gasteiger partial charge in [0.25, 0.3) is 0 Å². The molecule has 1 saturated heterocycles. The summed E-state index contributed by atoms with van der Waals surface area (Å²) in [7, 11) is 0. The molecule has 1 aliphatic rings. The highest BCUT2D eigenvalue weighted by molar-refractivity contribution is 5.38. The van der Waals surface area contributed by atoms with Gasteiger partial charge < -0.3 is 10.1 Å². The second kappa shape index (κ2) is 5.30. The Bertz CT molecular complexity index is 348. The van der Waals surface area contributed by atoms with Gasteiger partial charge in [0.15, 0.2) is 11.6 Å². The molecule has 2 rings (SSSR count). The summed E-state index contributed by atoms with van der Waals surface area (Å²) in [5.74, 6) is 0.647. The number of piperidine rings is 1. The first-order valence-corrected chi connectivity index (χ1v) is 5.95. The maximum atomic E-state index is 13.7. The number of halogens is 1. The molecular weight excluding hydrogens is 205 g/mol. The lowest BCUT2D eigenvalue weighted by molar-refractivity contribution is 0.311. The Morgan fingerprint density at radius 1 is 1.38 bits per heavy atom. The topological polar surface area (TPSA) is 21.3 Å². The first-order chi connectivity index (χ1) is 7.83. The largest absolute Gasteiger partial charge is 0.491 e. The monoisotopic (exact) mass is 223 g/mol. The van der Waals surface area contributed by atoms with E-state index in [1.54, 1.807) is 6.07 Å². The zero-order valence-corrected chi connectivity index (χ0v) is 9.63. The van der Waals surface area contributed by atoms with Gasteiger partial charge in [0, 0.05) is 5.56 Å². The van der Waals surface area contributed by atoms with Gasteiger partial charge in [0.05, 0.1) is 6.61 Å². The van der Waals surface area contributed by atoms with Crippen molar-refractivity contribution in [2.45, 2.75) is 25.7 Å². The van der Waals surface area contributed by atoms with Crippen LogP contribution < -0.4 is 10.1 Å². The highest BCUT2D eigenvalue weighted by Crippen LogP contribution is 2.34. The molecule has 1 aromatic rings. The SMILES string of the molecule is CCOc1c(F)cccc1C1CCNCC1. The van der Waals surface area contributed by atoms with E-state index in [4.69, 9.17) is 4.74 Å². The summed E-state index contributed by atoms with van der Waals surface area (Å²) in [4.78, 5) is 0. The Kier molecular flexibility index (Phi) is 3.78. The summed E-state index contributed by atoms with van der Waals surface area (Å²) in [5.41, 5.74) is 1.03. The summed E-state index contributed by atoms with van der Waals surface area (Å²) >= 11 is 0. The maximum absolute atomic E-state index is 13.7. The number of benzene rings is 1. The molecule has 1 N–H and O–H groups in total. The van der Waals surface area contributed by atoms with Gasteiger partial charge in [0.1, 0.15) is 0 Å². The summed E-state index contributed by atoms with van der Waals surface area (Å²) < 4.78 is 19.1. The van der Waals surface area contributed by atoms with E-state index in [9.17, 15) is 4.39 Å². The Hall–Kier alpha value is -1.09. The molecule has 1 fully saturated rings. The van der Waals surface area contributed by atoms with Gasteiger partial charge in [-0.25, -0.2) is 4.39 Å². The molecule has 0 aromatic heterocycles. The number of hydrogen-bond donors (Lipinski definition) is 1. The molecule has 1 aromatic carbocycles. The van der Waals surface area contributed by atoms with Crippen LogP contribution in [0.3, 0.4) is 0 Å². The zero-order valence-electron chi connectivity index (χ0n) is 9.63. The van der Waals surface area contributed by atoms with Crippen molar-refractivity contribution in [2.75, 3.05) is 19.7 Å². The molecule has 1 heterocycles. The van der Waals surface area contributed by atoms with Crippen LogP contribution in [0.1, 0.15) is 31.2 Å². The third kappa shape index (κ3) is 2.35. The molecule has 2 nitrogen and oxygen atoms in total. The van der Waals surface area contributed by atoms with Crippen molar-refractivity contribution in [1.29, 1.82) is 0 Å². The molecule has 0 amide bonds. The third-order valence-electron chi connectivity index (χ3n) is 3.07. The van der Waals surface area contributed by atoms with Crippen LogP contribution in [0.2, 0.25) is 0 Å². The van der Waals surface area contributed by atoms with Crippen LogP contribution in [0.25, 0.3) is 0 Å². The van der Waals surface area contributed by atoms with Gasteiger partial charge in [-0.05, 0) is 44.8 Å². The summed E-state index contributed by atoms with van der Waals surface area (Å²) in [6, 6.07) is 5.23. The van der Waals surface area contributed by atoms with Gasteiger partial charge >= 0.3 is 0 Å². The summed E-state index contributed by atoms with van der Waals surface area (Å²) in [6.07, 6.45) is 2.12. The molecule has 1 aliphatic heterocycles. The molecule has 0 atom stereocenters. The third-order valence-corrected chi connectivity index (χ3v) is 3.07. The Morgan fingerprint density at radius 2 is 2.12 bits per heavy atom. The van der Waals surface area contributed by atoms with E-state index in [-0.39, 0.29) is 5.82 Å². The molecule has 0 radical (unpaired) electrons. The second-order valence-corrected chi connectivity index (χ2v) is 4.12. The van der Waals surface area contributed by atoms with Gasteiger partial charge in [-0.2, -0.15) is 0 Å². The first-order valence-electron chi connectivity index (χ1n) is 5.95. The van der Waals surface area contributed by atoms with Gasteiger partial charge in [0.2, 0.25) is 0 Å². The highest BCUT2D eigenvalue weighted by atomic mass is 19.1. The normalized spacial score (nSPS) is 17.4. The van der Waals surface area contributed by atoms with E-state index in [0.29, 0.717) is 18.3 Å². The van der Waals surface area contributed by atoms with E-state index in [2.05, 4.69) is 5.32 Å². The molecule has 0 unspecified atom stereocenters. The highest BCUT2D eigenvalue weighted by Gasteiger charge is 2.20. The molecule has 88 valence electrons. The molecule has 3 heteroatoms. The van der Waals surface area contributed by atoms with Crippen LogP contribution in [0.4, 0.5) is 4.39 Å². The molecule has 16 heavy (non-hydrogen) atoms. The zero-order chi connectivity index (χ0) is 11.4. The predicted octanol–water partition coefficient (Wildman–Crippen LogP) is 2.69. The van der Waals surface area contributed by atoms with Crippen LogP contribution >= 0.6 is 0 Å². The molecule has 0 aliphatic carbocycles. The minimum absolute atomic E-state index is 0.238. The van der Waals surface area contributed by atoms with Crippen molar-refractivity contribution in [2.24, 2.45) is 0 Å². The Balaban J connectivity index is 2.27. The Labute approximate surface area is 95.8 Å². The van der Waals surface area contributed by atoms with Crippen LogP contribution in [0.15, 0.2) is 18.2 Å². The van der Waals surface area contributed by atoms with Crippen LogP contribution in [0.5, 0.6) is 5.75 Å². The fraction of sp³-hybridized carbons (Fsp3) is 0.538. The van der Waals surface area contributed by atoms with Crippen molar-refractivity contribution in [3.05, 3.63) is 29.6 Å². The van der Waals surface area contributed by atoms with Crippen LogP contribution in [-0.2, 0) is 0 Å². The second-order valence-electron chi connectivity index (χ2n) is 4.12. The predicted molar refractivity (Wildman–Crippen MR) is 62.4 cm³/mol. The number of nitrogens with one attached hydrogen (secondary N) is 1. The quantitative estimate of drug-likeness (QED) is 0.850. The van der Waals surface area contributed by atoms with Gasteiger partial charge in [-0.1, -0.05) is 12.1 Å². The van der Waals surface area contributed by atoms with E-state index in [0.717, 1.165) is 31.5 Å². The molecular formula is C13H18FNO. The maximum Gasteiger partial charge on any atom is 0.165 e. The molecule has 0 bridgehead atoms. The lowest BCUT2D eigenvalue weighted by atomic mass is 9.89. The smallest absolute Gasteiger partial charge is 0.165 e. The fourth-order valence-electron chi connectivity index (χ4n) is 2.28. The van der Waals surface area contributed by atoms with Crippen LogP contribution in [0, 0.1) is 5.82 Å². The van der Waals surface area contributed by atoms with E-state index in [1.807, 2.05) is 13.0 Å². The van der Waals surface area contributed by atoms with E-state index in [1.165, 1.54) is 6.07 Å². The van der Waals surface area contributed by atoms with Crippen molar-refractivity contribution in [3.8, 4) is 5.75 Å². The minimum Gasteiger partial charge on any atom is -0.491 e. The van der Waals surface area contributed by atoms with Crippen molar-refractivity contribution in [3.63, 3.8) is 0 Å². The van der Waals surface area contributed by atoms with Crippen LogP contribution in [-0.4, -0.2) is 19.7 Å². The van der Waals surface area contributed by atoms with Gasteiger partial charge in [-0.3, -0.25) is 0 Å². The molecule has 0 spiro atoms. The van der Waals surface area contributed by atoms with E-state index >= 15 is 0 Å². The first kappa shape index (κ1) is 11.4. The summed E-state index contributed by atoms with van der Waals surface area (Å²) in [5, 5.41) is 3.32. The fourth-order valence-corrected chi connectivity index (χ4v) is 2.28. The number of hydrogen-bond acceptors (Lipinski definition) is 2. The lowest BCUT2D eigenvalue weighted by Gasteiger charge is -2.25. The average molecular weight is 223 g/mol.